The molecule has 0 aliphatic rings. The molecule has 4 aromatic heterocycles. The molecular formula is C41H73N2O2S+. The average molecular weight is 658 g/mol. The second-order valence-corrected chi connectivity index (χ2v) is 7.32. The van der Waals surface area contributed by atoms with Gasteiger partial charge in [0.05, 0.1) is 12.5 Å². The molecule has 0 fully saturated rings. The molecule has 0 radical (unpaired) electrons. The van der Waals surface area contributed by atoms with Gasteiger partial charge < -0.3 is 4.42 Å². The second kappa shape index (κ2) is 64.3. The summed E-state index contributed by atoms with van der Waals surface area (Å²) >= 11 is 1.74. The molecule has 5 rings (SSSR count). The van der Waals surface area contributed by atoms with E-state index < -0.39 is 0 Å². The van der Waals surface area contributed by atoms with E-state index in [1.807, 2.05) is 152 Å². The van der Waals surface area contributed by atoms with Gasteiger partial charge in [0.1, 0.15) is 0 Å². The number of pyridine rings is 2. The lowest BCUT2D eigenvalue weighted by Gasteiger charge is -1.82. The van der Waals surface area contributed by atoms with Crippen molar-refractivity contribution in [2.24, 2.45) is 0 Å². The Morgan fingerprint density at radius 2 is 0.957 bits per heavy atom. The van der Waals surface area contributed by atoms with E-state index in [0.717, 1.165) is 4.73 Å². The monoisotopic (exact) mass is 658 g/mol. The second-order valence-electron chi connectivity index (χ2n) is 6.54. The number of furan rings is 1. The van der Waals surface area contributed by atoms with Crippen molar-refractivity contribution in [3.8, 4) is 0 Å². The van der Waals surface area contributed by atoms with Crippen molar-refractivity contribution in [1.29, 1.82) is 0 Å². The van der Waals surface area contributed by atoms with Gasteiger partial charge in [0.25, 0.3) is 0 Å². The summed E-state index contributed by atoms with van der Waals surface area (Å²) in [7, 11) is 0. The predicted molar refractivity (Wildman–Crippen MR) is 211 cm³/mol. The van der Waals surface area contributed by atoms with Crippen LogP contribution in [-0.2, 0) is 0 Å². The van der Waals surface area contributed by atoms with Gasteiger partial charge in [-0.2, -0.15) is 11.3 Å². The van der Waals surface area contributed by atoms with Crippen LogP contribution in [0.2, 0.25) is 0 Å². The van der Waals surface area contributed by atoms with Gasteiger partial charge in [-0.1, -0.05) is 145 Å². The Hall–Kier alpha value is -3.70. The molecule has 4 heterocycles. The van der Waals surface area contributed by atoms with Crippen molar-refractivity contribution in [3.63, 3.8) is 0 Å². The Balaban J connectivity index is -0.0000000755. The van der Waals surface area contributed by atoms with Crippen molar-refractivity contribution in [2.45, 2.75) is 118 Å². The largest absolute Gasteiger partial charge is 0.472 e. The maximum absolute atomic E-state index is 8.55. The number of hydrogen-bond donors (Lipinski definition) is 1. The average Bonchev–Trinajstić information content (AvgIpc) is 3.86. The maximum atomic E-state index is 8.55. The number of hydrogen-bond acceptors (Lipinski definition) is 4. The van der Waals surface area contributed by atoms with Crippen molar-refractivity contribution >= 4 is 11.3 Å². The van der Waals surface area contributed by atoms with Gasteiger partial charge in [0.15, 0.2) is 0 Å². The molecule has 5 aromatic rings. The summed E-state index contributed by atoms with van der Waals surface area (Å²) in [5, 5.41) is 12.8. The molecule has 1 aromatic carbocycles. The van der Waals surface area contributed by atoms with Crippen LogP contribution >= 0.6 is 11.3 Å². The van der Waals surface area contributed by atoms with E-state index in [-0.39, 0.29) is 0 Å². The molecular weight excluding hydrogens is 585 g/mol. The van der Waals surface area contributed by atoms with E-state index in [2.05, 4.69) is 47.8 Å². The van der Waals surface area contributed by atoms with Crippen LogP contribution in [0.15, 0.2) is 131 Å². The zero-order chi connectivity index (χ0) is 37.3. The first-order valence-corrected chi connectivity index (χ1v) is 18.0. The zero-order valence-electron chi connectivity index (χ0n) is 32.8. The minimum atomic E-state index is 1.00. The third kappa shape index (κ3) is 59.7. The summed E-state index contributed by atoms with van der Waals surface area (Å²) in [6, 6.07) is 25.3. The van der Waals surface area contributed by atoms with Crippen LogP contribution in [0.3, 0.4) is 0 Å². The van der Waals surface area contributed by atoms with Crippen LogP contribution in [0, 0.1) is 20.8 Å². The fourth-order valence-electron chi connectivity index (χ4n) is 1.90. The smallest absolute Gasteiger partial charge is 0.222 e. The Kier molecular flexibility index (Phi) is 80.9. The molecule has 264 valence electrons. The van der Waals surface area contributed by atoms with E-state index in [0.29, 0.717) is 0 Å². The lowest BCUT2D eigenvalue weighted by molar-refractivity contribution is -0.904. The molecule has 0 aliphatic carbocycles. The molecule has 46 heavy (non-hydrogen) atoms. The number of thiophene rings is 1. The molecule has 0 saturated heterocycles. The zero-order valence-corrected chi connectivity index (χ0v) is 33.6. The van der Waals surface area contributed by atoms with Crippen LogP contribution in [0.25, 0.3) is 0 Å². The summed E-state index contributed by atoms with van der Waals surface area (Å²) in [6.45, 7) is 34.2. The van der Waals surface area contributed by atoms with Gasteiger partial charge in [0.2, 0.25) is 12.4 Å². The van der Waals surface area contributed by atoms with E-state index in [1.165, 1.54) is 16.7 Å². The summed E-state index contributed by atoms with van der Waals surface area (Å²) in [5.41, 5.74) is 3.86. The van der Waals surface area contributed by atoms with E-state index in [4.69, 9.17) is 9.62 Å². The van der Waals surface area contributed by atoms with Gasteiger partial charge in [0, 0.05) is 29.3 Å². The highest BCUT2D eigenvalue weighted by Crippen LogP contribution is 2.01. The highest BCUT2D eigenvalue weighted by Gasteiger charge is 1.83. The molecule has 0 amide bonds. The number of rotatable bonds is 0. The third-order valence-electron chi connectivity index (χ3n) is 3.53. The summed E-state index contributed by atoms with van der Waals surface area (Å²) in [5.74, 6) is 0. The molecule has 0 aliphatic heterocycles. The standard InChI is InChI=1S/C7H8.C5H6NO.C5H5N.C5H6O.C5H6S.7C2H6/c1-7-5-3-2-4-6-7;7-6-4-2-1-3-5-6;1-2-4-6-5-3-1;2*1-5-2-3-6-4-5;7*1-2/h2-6H,1H3;1-5,7H;1-5H;2*2-4H,1H3;7*1-2H3/q;+1;;;;;;;;;;. The van der Waals surface area contributed by atoms with Crippen molar-refractivity contribution < 1.29 is 14.4 Å². The summed E-state index contributed by atoms with van der Waals surface area (Å²) < 4.78 is 5.71. The molecule has 4 nitrogen and oxygen atoms in total. The van der Waals surface area contributed by atoms with E-state index >= 15 is 0 Å². The molecule has 0 atom stereocenters. The van der Waals surface area contributed by atoms with Gasteiger partial charge in [-0.25, -0.2) is 0 Å². The van der Waals surface area contributed by atoms with E-state index in [1.54, 1.807) is 60.8 Å². The van der Waals surface area contributed by atoms with Crippen molar-refractivity contribution in [2.75, 3.05) is 0 Å². The quantitative estimate of drug-likeness (QED) is 0.133. The molecule has 0 spiro atoms. The fraction of sp³-hybridized carbons (Fsp3) is 0.415. The fourth-order valence-corrected chi connectivity index (χ4v) is 2.57. The Bertz CT molecular complexity index is 896. The van der Waals surface area contributed by atoms with Crippen LogP contribution in [0.5, 0.6) is 0 Å². The van der Waals surface area contributed by atoms with Crippen LogP contribution in [-0.4, -0.2) is 10.2 Å². The SMILES string of the molecule is CC.CC.CC.CC.CC.CC.CC.Cc1ccccc1.Cc1ccoc1.Cc1ccsc1.O[n+]1ccccc1.c1ccncc1. The number of aryl methyl sites for hydroxylation is 3. The lowest BCUT2D eigenvalue weighted by atomic mass is 10.2. The number of benzene rings is 1. The number of aromatic nitrogens is 2. The molecule has 1 N–H and O–H groups in total. The highest BCUT2D eigenvalue weighted by molar-refractivity contribution is 7.07. The molecule has 0 saturated carbocycles. The summed E-state index contributed by atoms with van der Waals surface area (Å²) in [4.78, 5) is 3.78. The summed E-state index contributed by atoms with van der Waals surface area (Å²) in [6.07, 6.45) is 9.98. The van der Waals surface area contributed by atoms with Crippen molar-refractivity contribution in [3.05, 3.63) is 144 Å². The van der Waals surface area contributed by atoms with Crippen LogP contribution < -0.4 is 4.73 Å². The van der Waals surface area contributed by atoms with Crippen LogP contribution in [0.1, 0.15) is 114 Å². The normalized spacial score (nSPS) is 6.89. The van der Waals surface area contributed by atoms with Gasteiger partial charge in [-0.05, 0) is 66.9 Å². The molecule has 0 unspecified atom stereocenters. The predicted octanol–water partition coefficient (Wildman–Crippen LogP) is 14.1. The first-order chi connectivity index (χ1) is 22.6. The van der Waals surface area contributed by atoms with Gasteiger partial charge in [-0.15, -0.1) is 0 Å². The Labute approximate surface area is 291 Å². The minimum absolute atomic E-state index is 1.00. The first-order valence-electron chi connectivity index (χ1n) is 17.1. The topological polar surface area (TPSA) is 50.1 Å². The van der Waals surface area contributed by atoms with Gasteiger partial charge in [-0.3, -0.25) is 10.2 Å². The van der Waals surface area contributed by atoms with Crippen LogP contribution in [0.4, 0.5) is 0 Å². The van der Waals surface area contributed by atoms with Gasteiger partial charge >= 0.3 is 0 Å². The van der Waals surface area contributed by atoms with Crippen molar-refractivity contribution in [1.82, 2.24) is 4.98 Å². The number of nitrogens with zero attached hydrogens (tertiary/aromatic N) is 2. The van der Waals surface area contributed by atoms with E-state index in [9.17, 15) is 0 Å². The lowest BCUT2D eigenvalue weighted by Crippen LogP contribution is -2.27. The minimum Gasteiger partial charge on any atom is -0.472 e. The Morgan fingerprint density at radius 3 is 1.11 bits per heavy atom. The highest BCUT2D eigenvalue weighted by atomic mass is 32.1. The first kappa shape index (κ1) is 57.9. The molecule has 0 bridgehead atoms. The third-order valence-corrected chi connectivity index (χ3v) is 4.33. The Morgan fingerprint density at radius 1 is 0.522 bits per heavy atom. The maximum Gasteiger partial charge on any atom is 0.222 e. The molecule has 5 heteroatoms.